The van der Waals surface area contributed by atoms with Crippen LogP contribution in [0.2, 0.25) is 0 Å². The van der Waals surface area contributed by atoms with Crippen LogP contribution in [0.25, 0.3) is 11.5 Å². The van der Waals surface area contributed by atoms with Crippen LogP contribution in [0.4, 0.5) is 10.2 Å². The number of carbonyl (C=O) groups excluding carboxylic acids is 1. The first kappa shape index (κ1) is 23.4. The maximum Gasteiger partial charge on any atom is 0.497 e. The molecule has 0 unspecified atom stereocenters. The van der Waals surface area contributed by atoms with Gasteiger partial charge in [0.25, 0.3) is 5.91 Å². The molecular formula is C24H27BFN5O4. The van der Waals surface area contributed by atoms with Crippen molar-refractivity contribution in [2.75, 3.05) is 11.9 Å². The molecule has 0 radical (unpaired) electrons. The van der Waals surface area contributed by atoms with Crippen molar-refractivity contribution in [3.05, 3.63) is 48.0 Å². The van der Waals surface area contributed by atoms with Crippen LogP contribution in [0, 0.1) is 5.82 Å². The van der Waals surface area contributed by atoms with E-state index >= 15 is 4.39 Å². The number of nitrogens with zero attached hydrogens (tertiary/aromatic N) is 4. The average Bonchev–Trinajstić information content (AvgIpc) is 3.34. The molecule has 2 aliphatic heterocycles. The number of aromatic nitrogens is 4. The highest BCUT2D eigenvalue weighted by Crippen LogP contribution is 2.37. The third-order valence-electron chi connectivity index (χ3n) is 6.74. The molecule has 11 heteroatoms. The summed E-state index contributed by atoms with van der Waals surface area (Å²) in [5.41, 5.74) is -0.410. The number of pyridine rings is 1. The van der Waals surface area contributed by atoms with Gasteiger partial charge in [-0.1, -0.05) is 6.07 Å². The molecule has 9 nitrogen and oxygen atoms in total. The Morgan fingerprint density at radius 3 is 2.66 bits per heavy atom. The highest BCUT2D eigenvalue weighted by atomic mass is 19.1. The summed E-state index contributed by atoms with van der Waals surface area (Å²) < 4.78 is 35.1. The monoisotopic (exact) mass is 479 g/mol. The van der Waals surface area contributed by atoms with E-state index in [1.165, 1.54) is 12.1 Å². The molecule has 0 atom stereocenters. The lowest BCUT2D eigenvalue weighted by atomic mass is 9.77. The lowest BCUT2D eigenvalue weighted by Crippen LogP contribution is -2.41. The molecule has 2 bridgehead atoms. The fourth-order valence-corrected chi connectivity index (χ4v) is 4.02. The van der Waals surface area contributed by atoms with E-state index in [2.05, 4.69) is 20.5 Å². The number of benzene rings is 1. The number of carbonyl (C=O) groups is 1. The summed E-state index contributed by atoms with van der Waals surface area (Å²) in [6.45, 7) is 8.54. The van der Waals surface area contributed by atoms with E-state index in [0.29, 0.717) is 36.9 Å². The molecule has 1 saturated heterocycles. The number of aryl methyl sites for hydroxylation is 1. The van der Waals surface area contributed by atoms with Gasteiger partial charge in [-0.05, 0) is 58.7 Å². The summed E-state index contributed by atoms with van der Waals surface area (Å²) >= 11 is 0. The lowest BCUT2D eigenvalue weighted by molar-refractivity contribution is 0.00578. The molecule has 2 aliphatic rings. The molecule has 1 N–H and O–H groups in total. The van der Waals surface area contributed by atoms with Crippen molar-refractivity contribution < 1.29 is 23.2 Å². The molecule has 3 aromatic rings. The summed E-state index contributed by atoms with van der Waals surface area (Å²) in [7, 11) is -0.959. The van der Waals surface area contributed by atoms with E-state index in [4.69, 9.17) is 14.0 Å². The van der Waals surface area contributed by atoms with Crippen LogP contribution in [-0.4, -0.2) is 50.6 Å². The minimum absolute atomic E-state index is 0.136. The Labute approximate surface area is 203 Å². The molecule has 0 spiro atoms. The summed E-state index contributed by atoms with van der Waals surface area (Å²) in [6, 6.07) is 7.93. The first-order valence-corrected chi connectivity index (χ1v) is 11.6. The summed E-state index contributed by atoms with van der Waals surface area (Å²) in [5, 5.41) is 11.0. The van der Waals surface area contributed by atoms with Crippen molar-refractivity contribution in [1.82, 2.24) is 19.7 Å². The number of anilines is 1. The van der Waals surface area contributed by atoms with Crippen LogP contribution in [0.15, 0.2) is 36.7 Å². The number of rotatable bonds is 1. The van der Waals surface area contributed by atoms with E-state index in [9.17, 15) is 4.79 Å². The van der Waals surface area contributed by atoms with Crippen LogP contribution >= 0.6 is 0 Å². The average molecular weight is 479 g/mol. The third kappa shape index (κ3) is 4.41. The van der Waals surface area contributed by atoms with Crippen molar-refractivity contribution in [2.45, 2.75) is 58.3 Å². The fraction of sp³-hybridized carbons (Fsp3) is 0.417. The number of ether oxygens (including phenoxy) is 1. The first-order chi connectivity index (χ1) is 16.6. The van der Waals surface area contributed by atoms with Gasteiger partial charge >= 0.3 is 7.12 Å². The van der Waals surface area contributed by atoms with Crippen LogP contribution in [0.3, 0.4) is 0 Å². The minimum atomic E-state index is -0.959. The third-order valence-corrected chi connectivity index (χ3v) is 6.74. The van der Waals surface area contributed by atoms with Crippen LogP contribution < -0.4 is 15.5 Å². The Morgan fingerprint density at radius 2 is 1.89 bits per heavy atom. The molecule has 1 fully saturated rings. The SMILES string of the molecule is CC1(C)OB(c2cc3c(cc2F)OCCCCn2cnnc2-c2cccc(n2)NC3=O)OC1(C)C. The molecule has 1 aromatic carbocycles. The second kappa shape index (κ2) is 8.73. The van der Waals surface area contributed by atoms with E-state index < -0.39 is 30.0 Å². The Hall–Kier alpha value is -3.31. The molecule has 4 heterocycles. The van der Waals surface area contributed by atoms with Gasteiger partial charge in [0.15, 0.2) is 5.82 Å². The number of fused-ring (bicyclic) bond motifs is 5. The van der Waals surface area contributed by atoms with Gasteiger partial charge in [0.1, 0.15) is 29.4 Å². The Bertz CT molecular complexity index is 1260. The summed E-state index contributed by atoms with van der Waals surface area (Å²) in [4.78, 5) is 17.9. The van der Waals surface area contributed by atoms with Gasteiger partial charge in [0, 0.05) is 18.1 Å². The predicted molar refractivity (Wildman–Crippen MR) is 128 cm³/mol. The molecule has 0 saturated carbocycles. The van der Waals surface area contributed by atoms with Crippen LogP contribution in [-0.2, 0) is 15.9 Å². The van der Waals surface area contributed by atoms with Gasteiger partial charge in [-0.2, -0.15) is 0 Å². The summed E-state index contributed by atoms with van der Waals surface area (Å²) in [5.74, 6) is 0.0426. The Balaban J connectivity index is 1.53. The number of hydrogen-bond acceptors (Lipinski definition) is 7. The number of halogens is 1. The molecular weight excluding hydrogens is 452 g/mol. The number of amides is 1. The van der Waals surface area contributed by atoms with Crippen molar-refractivity contribution in [3.8, 4) is 17.3 Å². The van der Waals surface area contributed by atoms with Gasteiger partial charge < -0.3 is 23.9 Å². The topological polar surface area (TPSA) is 100 Å². The van der Waals surface area contributed by atoms with Crippen molar-refractivity contribution in [3.63, 3.8) is 0 Å². The van der Waals surface area contributed by atoms with E-state index in [-0.39, 0.29) is 16.8 Å². The van der Waals surface area contributed by atoms with Gasteiger partial charge in [0.2, 0.25) is 0 Å². The van der Waals surface area contributed by atoms with E-state index in [1.807, 2.05) is 38.3 Å². The van der Waals surface area contributed by atoms with E-state index in [0.717, 1.165) is 6.42 Å². The normalized spacial score (nSPS) is 19.2. The number of hydrogen-bond donors (Lipinski definition) is 1. The summed E-state index contributed by atoms with van der Waals surface area (Å²) in [6.07, 6.45) is 3.12. The first-order valence-electron chi connectivity index (χ1n) is 11.6. The highest BCUT2D eigenvalue weighted by Gasteiger charge is 2.52. The largest absolute Gasteiger partial charge is 0.497 e. The minimum Gasteiger partial charge on any atom is -0.493 e. The zero-order valence-electron chi connectivity index (χ0n) is 20.2. The van der Waals surface area contributed by atoms with Gasteiger partial charge in [-0.3, -0.25) is 4.79 Å². The zero-order chi connectivity index (χ0) is 24.8. The van der Waals surface area contributed by atoms with E-state index in [1.54, 1.807) is 18.5 Å². The highest BCUT2D eigenvalue weighted by molar-refractivity contribution is 6.62. The van der Waals surface area contributed by atoms with Crippen LogP contribution in [0.5, 0.6) is 5.75 Å². The zero-order valence-corrected chi connectivity index (χ0v) is 20.2. The molecule has 0 aliphatic carbocycles. The maximum absolute atomic E-state index is 15.2. The second-order valence-electron chi connectivity index (χ2n) is 9.72. The van der Waals surface area contributed by atoms with Crippen LogP contribution in [0.1, 0.15) is 50.9 Å². The quantitative estimate of drug-likeness (QED) is 0.535. The maximum atomic E-state index is 15.2. The smallest absolute Gasteiger partial charge is 0.493 e. The molecule has 2 aromatic heterocycles. The molecule has 35 heavy (non-hydrogen) atoms. The van der Waals surface area contributed by atoms with Crippen molar-refractivity contribution in [2.24, 2.45) is 0 Å². The fourth-order valence-electron chi connectivity index (χ4n) is 4.02. The number of nitrogens with one attached hydrogen (secondary N) is 1. The van der Waals surface area contributed by atoms with Gasteiger partial charge in [-0.15, -0.1) is 10.2 Å². The van der Waals surface area contributed by atoms with Gasteiger partial charge in [-0.25, -0.2) is 9.37 Å². The molecule has 5 rings (SSSR count). The lowest BCUT2D eigenvalue weighted by Gasteiger charge is -2.32. The standard InChI is InChI=1S/C24H27BFN5O4/c1-23(2)24(3,4)35-25(34-23)16-12-15-19(13-17(16)26)33-11-6-5-10-31-14-27-30-21(31)18-8-7-9-20(28-18)29-22(15)32/h7-9,12-14H,5-6,10-11H2,1-4H3,(H,28,29,32). The Morgan fingerprint density at radius 1 is 1.11 bits per heavy atom. The van der Waals surface area contributed by atoms with Gasteiger partial charge in [0.05, 0.1) is 23.4 Å². The predicted octanol–water partition coefficient (Wildman–Crippen LogP) is 3.20. The van der Waals surface area contributed by atoms with Crippen molar-refractivity contribution >= 4 is 24.3 Å². The van der Waals surface area contributed by atoms with Crippen molar-refractivity contribution in [1.29, 1.82) is 0 Å². The molecule has 1 amide bonds. The molecule has 182 valence electrons. The second-order valence-corrected chi connectivity index (χ2v) is 9.72. The Kier molecular flexibility index (Phi) is 5.84.